The first-order chi connectivity index (χ1) is 7.18. The van der Waals surface area contributed by atoms with Gasteiger partial charge < -0.3 is 0 Å². The lowest BCUT2D eigenvalue weighted by Gasteiger charge is -2.04. The van der Waals surface area contributed by atoms with Crippen LogP contribution < -0.4 is 0 Å². The molecule has 2 nitrogen and oxygen atoms in total. The number of hydrogen-bond donors (Lipinski definition) is 0. The van der Waals surface area contributed by atoms with Gasteiger partial charge >= 0.3 is 0 Å². The van der Waals surface area contributed by atoms with E-state index in [1.165, 1.54) is 0 Å². The molecule has 0 aromatic heterocycles. The Kier molecular flexibility index (Phi) is 2.73. The molecule has 1 aliphatic carbocycles. The third kappa shape index (κ3) is 2.36. The Labute approximate surface area is 90.5 Å². The molecule has 1 aromatic rings. The van der Waals surface area contributed by atoms with Crippen LogP contribution in [0.1, 0.15) is 6.42 Å². The summed E-state index contributed by atoms with van der Waals surface area (Å²) in [5.41, 5.74) is 0.895. The van der Waals surface area contributed by atoms with Crippen molar-refractivity contribution in [3.05, 3.63) is 54.3 Å². The zero-order valence-electron chi connectivity index (χ0n) is 8.59. The Morgan fingerprint density at radius 3 is 2.60 bits per heavy atom. The van der Waals surface area contributed by atoms with Crippen LogP contribution in [0.5, 0.6) is 0 Å². The van der Waals surface area contributed by atoms with Gasteiger partial charge in [0.15, 0.2) is 0 Å². The summed E-state index contributed by atoms with van der Waals surface area (Å²) >= 11 is 0. The molecule has 0 radical (unpaired) electrons. The van der Waals surface area contributed by atoms with Crippen molar-refractivity contribution < 1.29 is 4.21 Å². The second kappa shape index (κ2) is 4.03. The van der Waals surface area contributed by atoms with E-state index in [0.29, 0.717) is 0 Å². The lowest BCUT2D eigenvalue weighted by Crippen LogP contribution is -1.97. The maximum atomic E-state index is 12.3. The molecule has 15 heavy (non-hydrogen) atoms. The number of benzene rings is 1. The van der Waals surface area contributed by atoms with Crippen LogP contribution in [0.2, 0.25) is 0 Å². The molecule has 0 N–H and O–H groups in total. The fraction of sp³-hybridized carbons (Fsp3) is 0.167. The molecule has 3 heteroatoms. The van der Waals surface area contributed by atoms with Gasteiger partial charge in [0.05, 0.1) is 15.4 Å². The monoisotopic (exact) mass is 219 g/mol. The molecule has 0 heterocycles. The van der Waals surface area contributed by atoms with Crippen LogP contribution in [0.4, 0.5) is 0 Å². The summed E-state index contributed by atoms with van der Waals surface area (Å²) in [4.78, 5) is 0.790. The largest absolute Gasteiger partial charge is 0.245 e. The summed E-state index contributed by atoms with van der Waals surface area (Å²) in [5, 5.41) is 0. The third-order valence-corrected chi connectivity index (χ3v) is 3.95. The van der Waals surface area contributed by atoms with E-state index in [0.717, 1.165) is 17.0 Å². The summed E-state index contributed by atoms with van der Waals surface area (Å²) in [6, 6.07) is 9.39. The van der Waals surface area contributed by atoms with E-state index >= 15 is 0 Å². The molecule has 0 saturated heterocycles. The van der Waals surface area contributed by atoms with Crippen LogP contribution in [-0.4, -0.2) is 10.5 Å². The minimum atomic E-state index is -2.28. The van der Waals surface area contributed by atoms with Gasteiger partial charge in [-0.05, 0) is 18.2 Å². The van der Waals surface area contributed by atoms with Gasteiger partial charge in [0, 0.05) is 17.6 Å². The van der Waals surface area contributed by atoms with Crippen molar-refractivity contribution in [2.24, 2.45) is 4.36 Å². The second-order valence-corrected chi connectivity index (χ2v) is 5.76. The van der Waals surface area contributed by atoms with E-state index in [4.69, 9.17) is 0 Å². The summed E-state index contributed by atoms with van der Waals surface area (Å²) in [7, 11) is -2.28. The van der Waals surface area contributed by atoms with Gasteiger partial charge in [0.2, 0.25) is 0 Å². The highest BCUT2D eigenvalue weighted by Crippen LogP contribution is 2.18. The van der Waals surface area contributed by atoms with Crippen LogP contribution in [-0.2, 0) is 9.73 Å². The highest BCUT2D eigenvalue weighted by molar-refractivity contribution is 7.93. The average molecular weight is 219 g/mol. The van der Waals surface area contributed by atoms with Gasteiger partial charge in [-0.2, -0.15) is 4.36 Å². The highest BCUT2D eigenvalue weighted by atomic mass is 32.2. The third-order valence-electron chi connectivity index (χ3n) is 2.22. The maximum Gasteiger partial charge on any atom is 0.0768 e. The number of hydrogen-bond acceptors (Lipinski definition) is 2. The number of allylic oxidation sites excluding steroid dienone is 3. The van der Waals surface area contributed by atoms with E-state index in [-0.39, 0.29) is 0 Å². The van der Waals surface area contributed by atoms with E-state index in [1.54, 1.807) is 6.26 Å². The van der Waals surface area contributed by atoms with Crippen molar-refractivity contribution in [3.63, 3.8) is 0 Å². The predicted octanol–water partition coefficient (Wildman–Crippen LogP) is 2.99. The number of rotatable bonds is 2. The quantitative estimate of drug-likeness (QED) is 0.752. The summed E-state index contributed by atoms with van der Waals surface area (Å²) < 4.78 is 16.6. The molecular weight excluding hydrogens is 206 g/mol. The van der Waals surface area contributed by atoms with Gasteiger partial charge in [0.1, 0.15) is 0 Å². The molecule has 0 spiro atoms. The fourth-order valence-electron chi connectivity index (χ4n) is 1.45. The highest BCUT2D eigenvalue weighted by Gasteiger charge is 2.06. The van der Waals surface area contributed by atoms with E-state index in [2.05, 4.69) is 4.36 Å². The topological polar surface area (TPSA) is 29.4 Å². The van der Waals surface area contributed by atoms with Crippen LogP contribution in [0.25, 0.3) is 0 Å². The Morgan fingerprint density at radius 2 is 2.00 bits per heavy atom. The van der Waals surface area contributed by atoms with Crippen molar-refractivity contribution in [1.29, 1.82) is 0 Å². The first kappa shape index (κ1) is 10.2. The lowest BCUT2D eigenvalue weighted by atomic mass is 10.4. The zero-order chi connectivity index (χ0) is 10.7. The fourth-order valence-corrected chi connectivity index (χ4v) is 2.80. The van der Waals surface area contributed by atoms with Crippen LogP contribution in [0.15, 0.2) is 63.5 Å². The van der Waals surface area contributed by atoms with Crippen molar-refractivity contribution in [2.75, 3.05) is 6.26 Å². The average Bonchev–Trinajstić information content (AvgIpc) is 2.71. The van der Waals surface area contributed by atoms with Crippen LogP contribution >= 0.6 is 0 Å². The van der Waals surface area contributed by atoms with Gasteiger partial charge in [-0.15, -0.1) is 0 Å². The molecule has 0 aliphatic heterocycles. The normalized spacial score (nSPS) is 18.3. The standard InChI is InChI=1S/C12H13NOS/c1-15(14,12-9-3-2-4-10-12)13-11-7-5-6-8-11/h2-7,9-10H,8H2,1H3. The first-order valence-corrected chi connectivity index (χ1v) is 6.74. The molecule has 0 saturated carbocycles. The number of nitrogens with zero attached hydrogens (tertiary/aromatic N) is 1. The van der Waals surface area contributed by atoms with E-state index in [9.17, 15) is 4.21 Å². The van der Waals surface area contributed by atoms with Gasteiger partial charge in [-0.25, -0.2) is 4.21 Å². The zero-order valence-corrected chi connectivity index (χ0v) is 9.41. The molecule has 1 aromatic carbocycles. The Bertz CT molecular complexity index is 520. The minimum absolute atomic E-state index is 0.789. The SMILES string of the molecule is CS(=O)(=NC1=CC=CC1)c1ccccc1. The first-order valence-electron chi connectivity index (χ1n) is 4.81. The lowest BCUT2D eigenvalue weighted by molar-refractivity contribution is 0.680. The summed E-state index contributed by atoms with van der Waals surface area (Å²) in [5.74, 6) is 0. The van der Waals surface area contributed by atoms with Gasteiger partial charge in [-0.1, -0.05) is 30.4 Å². The molecule has 78 valence electrons. The van der Waals surface area contributed by atoms with E-state index in [1.807, 2.05) is 48.6 Å². The van der Waals surface area contributed by atoms with Gasteiger partial charge in [-0.3, -0.25) is 0 Å². The summed E-state index contributed by atoms with van der Waals surface area (Å²) in [6.07, 6.45) is 8.34. The molecule has 1 unspecified atom stereocenters. The smallest absolute Gasteiger partial charge is 0.0768 e. The summed E-state index contributed by atoms with van der Waals surface area (Å²) in [6.45, 7) is 0. The second-order valence-electron chi connectivity index (χ2n) is 3.50. The van der Waals surface area contributed by atoms with Crippen LogP contribution in [0.3, 0.4) is 0 Å². The van der Waals surface area contributed by atoms with Crippen molar-refractivity contribution in [1.82, 2.24) is 0 Å². The Balaban J connectivity index is 2.39. The maximum absolute atomic E-state index is 12.3. The van der Waals surface area contributed by atoms with Crippen molar-refractivity contribution in [2.45, 2.75) is 11.3 Å². The minimum Gasteiger partial charge on any atom is -0.245 e. The molecule has 0 bridgehead atoms. The molecular formula is C12H13NOS. The molecule has 0 fully saturated rings. The Morgan fingerprint density at radius 1 is 1.27 bits per heavy atom. The van der Waals surface area contributed by atoms with Crippen molar-refractivity contribution in [3.8, 4) is 0 Å². The van der Waals surface area contributed by atoms with Gasteiger partial charge in [0.25, 0.3) is 0 Å². The molecule has 2 rings (SSSR count). The van der Waals surface area contributed by atoms with Crippen LogP contribution in [0, 0.1) is 0 Å². The van der Waals surface area contributed by atoms with E-state index < -0.39 is 9.73 Å². The predicted molar refractivity (Wildman–Crippen MR) is 63.0 cm³/mol. The Hall–Kier alpha value is -1.35. The van der Waals surface area contributed by atoms with Crippen molar-refractivity contribution >= 4 is 9.73 Å². The molecule has 0 amide bonds. The molecule has 1 atom stereocenters. The molecule has 1 aliphatic rings.